The van der Waals surface area contributed by atoms with Crippen molar-refractivity contribution in [1.82, 2.24) is 0 Å². The SMILES string of the molecule is C[NH+]1CCC([NH+](C)C2CC[NH+](Cc3ccccc3)CC2)CC1. The first kappa shape index (κ1) is 16.0. The van der Waals surface area contributed by atoms with Crippen molar-refractivity contribution in [1.29, 1.82) is 0 Å². The van der Waals surface area contributed by atoms with Crippen LogP contribution in [0.15, 0.2) is 30.3 Å². The monoisotopic (exact) mass is 304 g/mol. The van der Waals surface area contributed by atoms with Crippen LogP contribution in [0.3, 0.4) is 0 Å². The molecule has 2 aliphatic rings. The Morgan fingerprint density at radius 1 is 0.909 bits per heavy atom. The lowest BCUT2D eigenvalue weighted by atomic mass is 9.97. The summed E-state index contributed by atoms with van der Waals surface area (Å²) in [6.07, 6.45) is 5.67. The van der Waals surface area contributed by atoms with Crippen LogP contribution in [0.5, 0.6) is 0 Å². The van der Waals surface area contributed by atoms with Crippen LogP contribution in [-0.4, -0.2) is 52.4 Å². The van der Waals surface area contributed by atoms with Crippen LogP contribution in [0, 0.1) is 0 Å². The minimum Gasteiger partial charge on any atom is -0.337 e. The molecule has 22 heavy (non-hydrogen) atoms. The van der Waals surface area contributed by atoms with E-state index >= 15 is 0 Å². The molecule has 1 aromatic carbocycles. The van der Waals surface area contributed by atoms with E-state index in [1.807, 2.05) is 4.90 Å². The molecule has 2 fully saturated rings. The summed E-state index contributed by atoms with van der Waals surface area (Å²) < 4.78 is 0. The zero-order valence-electron chi connectivity index (χ0n) is 14.4. The second-order valence-corrected chi connectivity index (χ2v) is 7.66. The van der Waals surface area contributed by atoms with E-state index < -0.39 is 0 Å². The average molecular weight is 305 g/mol. The maximum absolute atomic E-state index is 2.47. The molecule has 0 amide bonds. The van der Waals surface area contributed by atoms with Gasteiger partial charge in [-0.2, -0.15) is 0 Å². The first-order valence-electron chi connectivity index (χ1n) is 9.24. The molecule has 0 spiro atoms. The van der Waals surface area contributed by atoms with Crippen LogP contribution in [0.25, 0.3) is 0 Å². The summed E-state index contributed by atoms with van der Waals surface area (Å²) in [6.45, 7) is 6.67. The van der Waals surface area contributed by atoms with Gasteiger partial charge in [0.2, 0.25) is 0 Å². The number of nitrogens with one attached hydrogen (secondary N) is 3. The number of hydrogen-bond donors (Lipinski definition) is 3. The van der Waals surface area contributed by atoms with Gasteiger partial charge < -0.3 is 14.7 Å². The Kier molecular flexibility index (Phi) is 5.51. The maximum Gasteiger partial charge on any atom is 0.103 e. The minimum atomic E-state index is 0.905. The molecule has 122 valence electrons. The Morgan fingerprint density at radius 3 is 2.05 bits per heavy atom. The third-order valence-corrected chi connectivity index (χ3v) is 6.12. The zero-order valence-corrected chi connectivity index (χ0v) is 14.4. The van der Waals surface area contributed by atoms with Crippen LogP contribution in [0.4, 0.5) is 0 Å². The van der Waals surface area contributed by atoms with Gasteiger partial charge in [0.25, 0.3) is 0 Å². The molecule has 2 aliphatic heterocycles. The highest BCUT2D eigenvalue weighted by Crippen LogP contribution is 2.02. The van der Waals surface area contributed by atoms with Crippen LogP contribution >= 0.6 is 0 Å². The fourth-order valence-corrected chi connectivity index (χ4v) is 4.44. The summed E-state index contributed by atoms with van der Waals surface area (Å²) in [5.74, 6) is 0. The van der Waals surface area contributed by atoms with E-state index in [0.29, 0.717) is 0 Å². The van der Waals surface area contributed by atoms with Gasteiger partial charge in [-0.1, -0.05) is 30.3 Å². The van der Waals surface area contributed by atoms with Crippen LogP contribution in [0.2, 0.25) is 0 Å². The second-order valence-electron chi connectivity index (χ2n) is 7.66. The number of hydrogen-bond acceptors (Lipinski definition) is 0. The van der Waals surface area contributed by atoms with Gasteiger partial charge in [0.05, 0.1) is 52.4 Å². The third kappa shape index (κ3) is 4.09. The molecule has 3 rings (SSSR count). The zero-order chi connectivity index (χ0) is 15.4. The van der Waals surface area contributed by atoms with Crippen LogP contribution in [0.1, 0.15) is 31.2 Å². The van der Waals surface area contributed by atoms with Gasteiger partial charge in [-0.05, 0) is 0 Å². The van der Waals surface area contributed by atoms with Gasteiger partial charge in [-0.15, -0.1) is 0 Å². The summed E-state index contributed by atoms with van der Waals surface area (Å²) in [6, 6.07) is 12.8. The summed E-state index contributed by atoms with van der Waals surface area (Å²) >= 11 is 0. The van der Waals surface area contributed by atoms with E-state index in [1.54, 1.807) is 9.80 Å². The summed E-state index contributed by atoms with van der Waals surface area (Å²) in [7, 11) is 4.81. The Balaban J connectivity index is 1.45. The van der Waals surface area contributed by atoms with Gasteiger partial charge >= 0.3 is 0 Å². The maximum atomic E-state index is 2.47. The number of piperidine rings is 2. The lowest BCUT2D eigenvalue weighted by molar-refractivity contribution is -0.977. The highest BCUT2D eigenvalue weighted by molar-refractivity contribution is 5.13. The van der Waals surface area contributed by atoms with Gasteiger partial charge in [-0.25, -0.2) is 0 Å². The summed E-state index contributed by atoms with van der Waals surface area (Å²) in [5.41, 5.74) is 1.50. The molecule has 0 aromatic heterocycles. The first-order valence-corrected chi connectivity index (χ1v) is 9.24. The molecule has 1 aromatic rings. The summed E-state index contributed by atoms with van der Waals surface area (Å²) in [4.78, 5) is 5.35. The highest BCUT2D eigenvalue weighted by atomic mass is 15.2. The molecule has 0 bridgehead atoms. The van der Waals surface area contributed by atoms with E-state index in [1.165, 1.54) is 64.0 Å². The van der Waals surface area contributed by atoms with Gasteiger partial charge in [0.15, 0.2) is 0 Å². The van der Waals surface area contributed by atoms with Crippen molar-refractivity contribution >= 4 is 0 Å². The smallest absolute Gasteiger partial charge is 0.103 e. The number of likely N-dealkylation sites (tertiary alicyclic amines) is 2. The Hall–Kier alpha value is -0.900. The van der Waals surface area contributed by atoms with E-state index in [-0.39, 0.29) is 0 Å². The lowest BCUT2D eigenvalue weighted by Gasteiger charge is -2.38. The Bertz CT molecular complexity index is 431. The number of rotatable bonds is 4. The molecule has 2 heterocycles. The van der Waals surface area contributed by atoms with Crippen molar-refractivity contribution < 1.29 is 14.7 Å². The molecule has 1 unspecified atom stereocenters. The largest absolute Gasteiger partial charge is 0.337 e. The Morgan fingerprint density at radius 2 is 1.45 bits per heavy atom. The van der Waals surface area contributed by atoms with Crippen LogP contribution < -0.4 is 14.7 Å². The van der Waals surface area contributed by atoms with Crippen molar-refractivity contribution in [2.75, 3.05) is 40.3 Å². The van der Waals surface area contributed by atoms with Crippen molar-refractivity contribution in [3.05, 3.63) is 35.9 Å². The van der Waals surface area contributed by atoms with E-state index in [9.17, 15) is 0 Å². The van der Waals surface area contributed by atoms with Gasteiger partial charge in [-0.3, -0.25) is 0 Å². The normalized spacial score (nSPS) is 34.3. The lowest BCUT2D eigenvalue weighted by Crippen LogP contribution is -3.22. The van der Waals surface area contributed by atoms with Crippen molar-refractivity contribution in [2.45, 2.75) is 44.3 Å². The molecule has 0 aliphatic carbocycles. The molecule has 1 atom stereocenters. The van der Waals surface area contributed by atoms with Gasteiger partial charge in [0, 0.05) is 31.2 Å². The van der Waals surface area contributed by atoms with E-state index in [2.05, 4.69) is 44.4 Å². The van der Waals surface area contributed by atoms with Crippen molar-refractivity contribution in [3.8, 4) is 0 Å². The van der Waals surface area contributed by atoms with E-state index in [0.717, 1.165) is 12.1 Å². The highest BCUT2D eigenvalue weighted by Gasteiger charge is 2.34. The molecular weight excluding hydrogens is 270 g/mol. The molecule has 0 saturated carbocycles. The third-order valence-electron chi connectivity index (χ3n) is 6.12. The molecule has 3 N–H and O–H groups in total. The van der Waals surface area contributed by atoms with Crippen molar-refractivity contribution in [2.24, 2.45) is 0 Å². The quantitative estimate of drug-likeness (QED) is 0.595. The average Bonchev–Trinajstić information content (AvgIpc) is 2.57. The molecule has 0 radical (unpaired) electrons. The minimum absolute atomic E-state index is 0.905. The predicted octanol–water partition coefficient (Wildman–Crippen LogP) is -1.57. The fourth-order valence-electron chi connectivity index (χ4n) is 4.44. The summed E-state index contributed by atoms with van der Waals surface area (Å²) in [5, 5.41) is 0. The standard InChI is InChI=1S/C19H31N3/c1-20-12-8-18(9-13-20)21(2)19-10-14-22(15-11-19)16-17-6-4-3-5-7-17/h3-7,18-19H,8-16H2,1-2H3/p+3. The fraction of sp³-hybridized carbons (Fsp3) is 0.684. The second kappa shape index (κ2) is 7.58. The topological polar surface area (TPSA) is 13.3 Å². The van der Waals surface area contributed by atoms with Crippen LogP contribution in [-0.2, 0) is 6.54 Å². The molecule has 3 nitrogen and oxygen atoms in total. The first-order chi connectivity index (χ1) is 10.7. The number of benzene rings is 1. The molecular formula is C19H34N3+3. The van der Waals surface area contributed by atoms with E-state index in [4.69, 9.17) is 0 Å². The molecule has 3 heteroatoms. The molecule has 2 saturated heterocycles. The predicted molar refractivity (Wildman–Crippen MR) is 90.4 cm³/mol. The van der Waals surface area contributed by atoms with Gasteiger partial charge in [0.1, 0.15) is 6.54 Å². The number of quaternary nitrogens is 3. The van der Waals surface area contributed by atoms with Crippen molar-refractivity contribution in [3.63, 3.8) is 0 Å². The Labute approximate surface area is 135 Å².